The zero-order valence-electron chi connectivity index (χ0n) is 12.1. The Morgan fingerprint density at radius 2 is 1.76 bits per heavy atom. The van der Waals surface area contributed by atoms with Crippen molar-refractivity contribution in [2.24, 2.45) is 0 Å². The maximum absolute atomic E-state index is 5.06. The van der Waals surface area contributed by atoms with Gasteiger partial charge in [-0.1, -0.05) is 42.5 Å². The van der Waals surface area contributed by atoms with E-state index in [-0.39, 0.29) is 6.04 Å². The van der Waals surface area contributed by atoms with Crippen molar-refractivity contribution in [3.8, 4) is 5.88 Å². The molecule has 0 aliphatic heterocycles. The summed E-state index contributed by atoms with van der Waals surface area (Å²) in [6.45, 7) is 0. The zero-order chi connectivity index (χ0) is 14.7. The molecular weight excluding hydrogens is 262 g/mol. The molecule has 1 N–H and O–H groups in total. The molecule has 4 heteroatoms. The van der Waals surface area contributed by atoms with Crippen molar-refractivity contribution in [1.82, 2.24) is 15.5 Å². The molecule has 0 aliphatic carbocycles. The largest absolute Gasteiger partial charge is 0.480 e. The van der Waals surface area contributed by atoms with E-state index in [1.54, 1.807) is 7.11 Å². The highest BCUT2D eigenvalue weighted by atomic mass is 16.5. The Hall–Kier alpha value is -2.46. The number of fused-ring (bicyclic) bond motifs is 1. The van der Waals surface area contributed by atoms with Crippen molar-refractivity contribution >= 4 is 10.8 Å². The monoisotopic (exact) mass is 279 g/mol. The van der Waals surface area contributed by atoms with Crippen LogP contribution >= 0.6 is 0 Å². The van der Waals surface area contributed by atoms with E-state index in [0.717, 1.165) is 5.69 Å². The van der Waals surface area contributed by atoms with Gasteiger partial charge in [0, 0.05) is 6.07 Å². The van der Waals surface area contributed by atoms with Gasteiger partial charge in [-0.2, -0.15) is 0 Å². The van der Waals surface area contributed by atoms with Gasteiger partial charge in [0.2, 0.25) is 5.88 Å². The molecule has 2 aromatic carbocycles. The topological polar surface area (TPSA) is 47.0 Å². The highest BCUT2D eigenvalue weighted by Crippen LogP contribution is 2.27. The summed E-state index contributed by atoms with van der Waals surface area (Å²) in [7, 11) is 3.52. The molecule has 3 rings (SSSR count). The standard InChI is InChI=1S/C17H17N3O/c1-18-17(15-10-11-16(21-2)20-19-15)14-9-5-7-12-6-3-4-8-13(12)14/h3-11,17-18H,1-2H3. The first kappa shape index (κ1) is 13.5. The van der Waals surface area contributed by atoms with E-state index in [0.29, 0.717) is 5.88 Å². The minimum Gasteiger partial charge on any atom is -0.480 e. The van der Waals surface area contributed by atoms with Gasteiger partial charge < -0.3 is 10.1 Å². The molecular formula is C17H17N3O. The van der Waals surface area contributed by atoms with E-state index < -0.39 is 0 Å². The van der Waals surface area contributed by atoms with Gasteiger partial charge in [0.1, 0.15) is 0 Å². The first-order valence-electron chi connectivity index (χ1n) is 6.86. The number of nitrogens with one attached hydrogen (secondary N) is 1. The van der Waals surface area contributed by atoms with Crippen molar-refractivity contribution in [3.05, 3.63) is 65.9 Å². The van der Waals surface area contributed by atoms with Crippen molar-refractivity contribution in [3.63, 3.8) is 0 Å². The Bertz CT molecular complexity index is 735. The Balaban J connectivity index is 2.09. The Labute approximate surface area is 123 Å². The number of hydrogen-bond donors (Lipinski definition) is 1. The lowest BCUT2D eigenvalue weighted by molar-refractivity contribution is 0.390. The third kappa shape index (κ3) is 2.58. The maximum Gasteiger partial charge on any atom is 0.233 e. The van der Waals surface area contributed by atoms with Crippen molar-refractivity contribution < 1.29 is 4.74 Å². The van der Waals surface area contributed by atoms with Crippen LogP contribution in [0.5, 0.6) is 5.88 Å². The quantitative estimate of drug-likeness (QED) is 0.797. The fourth-order valence-electron chi connectivity index (χ4n) is 2.56. The van der Waals surface area contributed by atoms with Gasteiger partial charge in [-0.3, -0.25) is 0 Å². The van der Waals surface area contributed by atoms with Gasteiger partial charge in [-0.25, -0.2) is 0 Å². The van der Waals surface area contributed by atoms with Crippen molar-refractivity contribution in [2.75, 3.05) is 14.2 Å². The molecule has 21 heavy (non-hydrogen) atoms. The van der Waals surface area contributed by atoms with E-state index in [1.165, 1.54) is 16.3 Å². The SMILES string of the molecule is CNC(c1ccc(OC)nn1)c1cccc2ccccc12. The van der Waals surface area contributed by atoms with Gasteiger partial charge in [0.15, 0.2) is 0 Å². The van der Waals surface area contributed by atoms with Crippen LogP contribution in [0.15, 0.2) is 54.6 Å². The van der Waals surface area contributed by atoms with Gasteiger partial charge in [-0.05, 0) is 29.4 Å². The summed E-state index contributed by atoms with van der Waals surface area (Å²) in [6, 6.07) is 18.4. The molecule has 0 spiro atoms. The zero-order valence-corrected chi connectivity index (χ0v) is 12.1. The molecule has 3 aromatic rings. The second-order valence-corrected chi connectivity index (χ2v) is 4.79. The van der Waals surface area contributed by atoms with Crippen LogP contribution < -0.4 is 10.1 Å². The Morgan fingerprint density at radius 3 is 2.48 bits per heavy atom. The Morgan fingerprint density at radius 1 is 0.952 bits per heavy atom. The number of methoxy groups -OCH3 is 1. The number of hydrogen-bond acceptors (Lipinski definition) is 4. The number of ether oxygens (including phenoxy) is 1. The van der Waals surface area contributed by atoms with Crippen LogP contribution in [0.4, 0.5) is 0 Å². The van der Waals surface area contributed by atoms with Gasteiger partial charge in [0.25, 0.3) is 0 Å². The van der Waals surface area contributed by atoms with Crippen LogP contribution in [0.1, 0.15) is 17.3 Å². The summed E-state index contributed by atoms with van der Waals surface area (Å²) in [4.78, 5) is 0. The summed E-state index contributed by atoms with van der Waals surface area (Å²) < 4.78 is 5.06. The summed E-state index contributed by atoms with van der Waals surface area (Å²) in [6.07, 6.45) is 0. The molecule has 0 bridgehead atoms. The average Bonchev–Trinajstić information content (AvgIpc) is 2.56. The van der Waals surface area contributed by atoms with Gasteiger partial charge in [0.05, 0.1) is 18.8 Å². The first-order chi connectivity index (χ1) is 10.3. The average molecular weight is 279 g/mol. The third-order valence-electron chi connectivity index (χ3n) is 3.59. The van der Waals surface area contributed by atoms with Crippen molar-refractivity contribution in [1.29, 1.82) is 0 Å². The second-order valence-electron chi connectivity index (χ2n) is 4.79. The van der Waals surface area contributed by atoms with Crippen LogP contribution in [-0.4, -0.2) is 24.4 Å². The number of nitrogens with zero attached hydrogens (tertiary/aromatic N) is 2. The summed E-state index contributed by atoms with van der Waals surface area (Å²) >= 11 is 0. The molecule has 0 aliphatic rings. The minimum absolute atomic E-state index is 0.00509. The lowest BCUT2D eigenvalue weighted by Gasteiger charge is -2.18. The minimum atomic E-state index is -0.00509. The van der Waals surface area contributed by atoms with Crippen LogP contribution in [0.2, 0.25) is 0 Å². The summed E-state index contributed by atoms with van der Waals surface area (Å²) in [5.41, 5.74) is 2.06. The summed E-state index contributed by atoms with van der Waals surface area (Å²) in [5.74, 6) is 0.520. The molecule has 0 amide bonds. The molecule has 1 atom stereocenters. The van der Waals surface area contributed by atoms with Crippen LogP contribution in [0, 0.1) is 0 Å². The number of aromatic nitrogens is 2. The van der Waals surface area contributed by atoms with E-state index in [4.69, 9.17) is 4.74 Å². The maximum atomic E-state index is 5.06. The van der Waals surface area contributed by atoms with Gasteiger partial charge in [-0.15, -0.1) is 10.2 Å². The molecule has 0 saturated carbocycles. The molecule has 1 aromatic heterocycles. The molecule has 0 fully saturated rings. The number of benzene rings is 2. The first-order valence-corrected chi connectivity index (χ1v) is 6.86. The van der Waals surface area contributed by atoms with E-state index in [2.05, 4.69) is 51.9 Å². The molecule has 0 saturated heterocycles. The van der Waals surface area contributed by atoms with Crippen LogP contribution in [0.25, 0.3) is 10.8 Å². The molecule has 0 radical (unpaired) electrons. The van der Waals surface area contributed by atoms with Gasteiger partial charge >= 0.3 is 0 Å². The predicted molar refractivity (Wildman–Crippen MR) is 83.4 cm³/mol. The fourth-order valence-corrected chi connectivity index (χ4v) is 2.56. The van der Waals surface area contributed by atoms with E-state index >= 15 is 0 Å². The number of rotatable bonds is 4. The highest BCUT2D eigenvalue weighted by Gasteiger charge is 2.16. The second kappa shape index (κ2) is 5.89. The normalized spacial score (nSPS) is 12.3. The molecule has 1 unspecified atom stereocenters. The smallest absolute Gasteiger partial charge is 0.233 e. The molecule has 1 heterocycles. The lowest BCUT2D eigenvalue weighted by Crippen LogP contribution is -2.19. The molecule has 4 nitrogen and oxygen atoms in total. The summed E-state index contributed by atoms with van der Waals surface area (Å²) in [5, 5.41) is 14.1. The Kier molecular flexibility index (Phi) is 3.79. The fraction of sp³-hybridized carbons (Fsp3) is 0.176. The van der Waals surface area contributed by atoms with Crippen LogP contribution in [0.3, 0.4) is 0 Å². The highest BCUT2D eigenvalue weighted by molar-refractivity contribution is 5.86. The third-order valence-corrected chi connectivity index (χ3v) is 3.59. The van der Waals surface area contributed by atoms with Crippen LogP contribution in [-0.2, 0) is 0 Å². The lowest BCUT2D eigenvalue weighted by atomic mass is 9.97. The van der Waals surface area contributed by atoms with E-state index in [1.807, 2.05) is 25.2 Å². The van der Waals surface area contributed by atoms with E-state index in [9.17, 15) is 0 Å². The predicted octanol–water partition coefficient (Wildman–Crippen LogP) is 2.95. The van der Waals surface area contributed by atoms with Crippen molar-refractivity contribution in [2.45, 2.75) is 6.04 Å². The molecule has 106 valence electrons.